The van der Waals surface area contributed by atoms with Gasteiger partial charge in [-0.3, -0.25) is 4.90 Å². The van der Waals surface area contributed by atoms with Crippen molar-refractivity contribution in [3.05, 3.63) is 17.6 Å². The molecule has 8 heteroatoms. The monoisotopic (exact) mass is 322 g/mol. The van der Waals surface area contributed by atoms with Crippen molar-refractivity contribution >= 4 is 16.7 Å². The van der Waals surface area contributed by atoms with Crippen LogP contribution in [0.3, 0.4) is 0 Å². The molecule has 0 aromatic carbocycles. The molecule has 1 fully saturated rings. The van der Waals surface area contributed by atoms with Crippen LogP contribution in [0.4, 0.5) is 5.13 Å². The molecular weight excluding hydrogens is 300 g/mol. The van der Waals surface area contributed by atoms with E-state index < -0.39 is 0 Å². The molecule has 3 rings (SSSR count). The molecule has 2 aromatic heterocycles. The Morgan fingerprint density at radius 1 is 1.18 bits per heavy atom. The molecule has 1 saturated heterocycles. The third kappa shape index (κ3) is 3.44. The number of aryl methyl sites for hydroxylation is 1. The highest BCUT2D eigenvalue weighted by Gasteiger charge is 2.21. The second-order valence-corrected chi connectivity index (χ2v) is 6.53. The molecule has 0 atom stereocenters. The van der Waals surface area contributed by atoms with Crippen LogP contribution in [0.2, 0.25) is 0 Å². The molecular formula is C14H22N6OS. The van der Waals surface area contributed by atoms with Gasteiger partial charge in [-0.25, -0.2) is 4.98 Å². The summed E-state index contributed by atoms with van der Waals surface area (Å²) in [5.74, 6) is 2.65. The van der Waals surface area contributed by atoms with Crippen LogP contribution in [0.1, 0.15) is 44.3 Å². The molecule has 0 unspecified atom stereocenters. The van der Waals surface area contributed by atoms with E-state index in [9.17, 15) is 0 Å². The van der Waals surface area contributed by atoms with Crippen molar-refractivity contribution in [1.82, 2.24) is 24.5 Å². The van der Waals surface area contributed by atoms with Gasteiger partial charge in [-0.05, 0) is 0 Å². The molecule has 1 aliphatic rings. The molecule has 22 heavy (non-hydrogen) atoms. The Bertz CT molecular complexity index is 602. The lowest BCUT2D eigenvalue weighted by Crippen LogP contribution is -2.46. The van der Waals surface area contributed by atoms with Crippen LogP contribution in [0, 0.1) is 0 Å². The second kappa shape index (κ2) is 6.70. The molecule has 0 N–H and O–H groups in total. The molecule has 0 spiro atoms. The second-order valence-electron chi connectivity index (χ2n) is 5.80. The van der Waals surface area contributed by atoms with Crippen LogP contribution in [0.15, 0.2) is 4.42 Å². The molecule has 0 radical (unpaired) electrons. The molecule has 0 aliphatic carbocycles. The highest BCUT2D eigenvalue weighted by Crippen LogP contribution is 2.20. The van der Waals surface area contributed by atoms with Crippen molar-refractivity contribution < 1.29 is 4.42 Å². The number of anilines is 1. The minimum absolute atomic E-state index is 0.281. The molecule has 0 amide bonds. The Morgan fingerprint density at radius 3 is 2.55 bits per heavy atom. The molecule has 0 saturated carbocycles. The van der Waals surface area contributed by atoms with E-state index in [4.69, 9.17) is 4.42 Å². The molecule has 3 heterocycles. The first-order valence-corrected chi connectivity index (χ1v) is 8.55. The maximum Gasteiger partial charge on any atom is 0.230 e. The lowest BCUT2D eigenvalue weighted by atomic mass is 10.2. The van der Waals surface area contributed by atoms with Gasteiger partial charge in [0, 0.05) is 50.1 Å². The average Bonchev–Trinajstić information content (AvgIpc) is 3.17. The molecule has 0 bridgehead atoms. The Morgan fingerprint density at radius 2 is 1.95 bits per heavy atom. The van der Waals surface area contributed by atoms with E-state index in [1.54, 1.807) is 0 Å². The van der Waals surface area contributed by atoms with E-state index >= 15 is 0 Å². The molecule has 2 aromatic rings. The lowest BCUT2D eigenvalue weighted by molar-refractivity contribution is 0.223. The Kier molecular flexibility index (Phi) is 4.68. The normalized spacial score (nSPS) is 16.6. The minimum atomic E-state index is 0.281. The van der Waals surface area contributed by atoms with Gasteiger partial charge in [-0.15, -0.1) is 10.2 Å². The summed E-state index contributed by atoms with van der Waals surface area (Å²) in [6, 6.07) is 0. The predicted octanol–water partition coefficient (Wildman–Crippen LogP) is 1.93. The fourth-order valence-corrected chi connectivity index (χ4v) is 3.17. The highest BCUT2D eigenvalue weighted by molar-refractivity contribution is 7.09. The zero-order valence-corrected chi connectivity index (χ0v) is 14.1. The van der Waals surface area contributed by atoms with Crippen LogP contribution < -0.4 is 4.90 Å². The summed E-state index contributed by atoms with van der Waals surface area (Å²) in [5.41, 5.74) is 0. The molecule has 7 nitrogen and oxygen atoms in total. The van der Waals surface area contributed by atoms with Crippen molar-refractivity contribution in [3.63, 3.8) is 0 Å². The quantitative estimate of drug-likeness (QED) is 0.833. The summed E-state index contributed by atoms with van der Waals surface area (Å²) in [5, 5.41) is 9.25. The van der Waals surface area contributed by atoms with Gasteiger partial charge < -0.3 is 9.32 Å². The van der Waals surface area contributed by atoms with E-state index in [2.05, 4.69) is 50.1 Å². The first-order chi connectivity index (χ1) is 10.7. The minimum Gasteiger partial charge on any atom is -0.424 e. The fraction of sp³-hybridized carbons (Fsp3) is 0.714. The maximum atomic E-state index is 5.68. The number of aromatic nitrogens is 4. The Labute approximate surface area is 134 Å². The van der Waals surface area contributed by atoms with Gasteiger partial charge in [0.2, 0.25) is 16.9 Å². The average molecular weight is 322 g/mol. The van der Waals surface area contributed by atoms with Crippen molar-refractivity contribution in [3.8, 4) is 0 Å². The number of hydrogen-bond donors (Lipinski definition) is 0. The topological polar surface area (TPSA) is 71.2 Å². The van der Waals surface area contributed by atoms with Gasteiger partial charge in [0.25, 0.3) is 0 Å². The van der Waals surface area contributed by atoms with E-state index in [0.717, 1.165) is 56.0 Å². The van der Waals surface area contributed by atoms with Gasteiger partial charge in [-0.2, -0.15) is 4.37 Å². The standard InChI is InChI=1S/C14H22N6OS/c1-4-11-15-14(22-18-11)20-7-5-19(6-8-20)9-12-16-17-13(21-12)10(2)3/h10H,4-9H2,1-3H3. The van der Waals surface area contributed by atoms with Gasteiger partial charge in [0.1, 0.15) is 5.82 Å². The van der Waals surface area contributed by atoms with E-state index in [1.807, 2.05) is 0 Å². The predicted molar refractivity (Wildman–Crippen MR) is 85.2 cm³/mol. The third-order valence-electron chi connectivity index (χ3n) is 3.75. The third-order valence-corrected chi connectivity index (χ3v) is 4.57. The van der Waals surface area contributed by atoms with Crippen molar-refractivity contribution in [1.29, 1.82) is 0 Å². The van der Waals surface area contributed by atoms with E-state index in [-0.39, 0.29) is 5.92 Å². The number of nitrogens with zero attached hydrogens (tertiary/aromatic N) is 6. The lowest BCUT2D eigenvalue weighted by Gasteiger charge is -2.33. The van der Waals surface area contributed by atoms with Crippen LogP contribution >= 0.6 is 11.5 Å². The van der Waals surface area contributed by atoms with E-state index in [1.165, 1.54) is 11.5 Å². The summed E-state index contributed by atoms with van der Waals surface area (Å²) in [6.45, 7) is 10.8. The van der Waals surface area contributed by atoms with Crippen LogP contribution in [0.25, 0.3) is 0 Å². The zero-order valence-electron chi connectivity index (χ0n) is 13.3. The number of rotatable bonds is 5. The summed E-state index contributed by atoms with van der Waals surface area (Å²) in [4.78, 5) is 9.21. The largest absolute Gasteiger partial charge is 0.424 e. The summed E-state index contributed by atoms with van der Waals surface area (Å²) in [6.07, 6.45) is 0.895. The van der Waals surface area contributed by atoms with Gasteiger partial charge >= 0.3 is 0 Å². The Balaban J connectivity index is 1.52. The first kappa shape index (κ1) is 15.4. The van der Waals surface area contributed by atoms with Gasteiger partial charge in [0.15, 0.2) is 0 Å². The van der Waals surface area contributed by atoms with Crippen LogP contribution in [0.5, 0.6) is 0 Å². The molecule has 120 valence electrons. The van der Waals surface area contributed by atoms with Crippen molar-refractivity contribution in [2.75, 3.05) is 31.1 Å². The van der Waals surface area contributed by atoms with Crippen LogP contribution in [-0.2, 0) is 13.0 Å². The summed E-state index contributed by atoms with van der Waals surface area (Å²) in [7, 11) is 0. The SMILES string of the molecule is CCc1nsc(N2CCN(Cc3nnc(C(C)C)o3)CC2)n1. The fourth-order valence-electron chi connectivity index (χ4n) is 2.37. The van der Waals surface area contributed by atoms with Gasteiger partial charge in [-0.1, -0.05) is 20.8 Å². The van der Waals surface area contributed by atoms with Crippen molar-refractivity contribution in [2.45, 2.75) is 39.7 Å². The summed E-state index contributed by atoms with van der Waals surface area (Å²) >= 11 is 1.50. The van der Waals surface area contributed by atoms with Crippen molar-refractivity contribution in [2.24, 2.45) is 0 Å². The first-order valence-electron chi connectivity index (χ1n) is 7.78. The smallest absolute Gasteiger partial charge is 0.230 e. The summed E-state index contributed by atoms with van der Waals surface area (Å²) < 4.78 is 10.0. The highest BCUT2D eigenvalue weighted by atomic mass is 32.1. The number of piperazine rings is 1. The maximum absolute atomic E-state index is 5.68. The van der Waals surface area contributed by atoms with E-state index in [0.29, 0.717) is 5.89 Å². The molecule has 1 aliphatic heterocycles. The van der Waals surface area contributed by atoms with Crippen LogP contribution in [-0.4, -0.2) is 50.6 Å². The number of hydrogen-bond acceptors (Lipinski definition) is 8. The van der Waals surface area contributed by atoms with Gasteiger partial charge in [0.05, 0.1) is 6.54 Å². The zero-order chi connectivity index (χ0) is 15.5. The Hall–Kier alpha value is -1.54.